The minimum atomic E-state index is 0.326. The van der Waals surface area contributed by atoms with Crippen molar-refractivity contribution in [2.24, 2.45) is 0 Å². The first-order valence-electron chi connectivity index (χ1n) is 5.30. The second kappa shape index (κ2) is 5.00. The first-order valence-corrected chi connectivity index (χ1v) is 6.49. The van der Waals surface area contributed by atoms with E-state index < -0.39 is 0 Å². The average molecular weight is 257 g/mol. The molecular weight excluding hydrogens is 244 g/mol. The Morgan fingerprint density at radius 2 is 2.56 bits per heavy atom. The van der Waals surface area contributed by atoms with E-state index in [-0.39, 0.29) is 0 Å². The lowest BCUT2D eigenvalue weighted by atomic mass is 10.2. The number of nitrogens with zero attached hydrogens (tertiary/aromatic N) is 3. The van der Waals surface area contributed by atoms with Gasteiger partial charge in [0.05, 0.1) is 0 Å². The maximum atomic E-state index is 8.86. The van der Waals surface area contributed by atoms with Crippen molar-refractivity contribution in [2.45, 2.75) is 19.4 Å². The average Bonchev–Trinajstić information content (AvgIpc) is 2.89. The van der Waals surface area contributed by atoms with Gasteiger partial charge in [0.15, 0.2) is 10.3 Å². The van der Waals surface area contributed by atoms with Gasteiger partial charge in [-0.3, -0.25) is 0 Å². The molecule has 1 atom stereocenters. The number of aromatic nitrogens is 1. The van der Waals surface area contributed by atoms with Gasteiger partial charge in [-0.1, -0.05) is 22.9 Å². The molecule has 6 heteroatoms. The second-order valence-electron chi connectivity index (χ2n) is 3.66. The van der Waals surface area contributed by atoms with Crippen LogP contribution in [0.4, 0.5) is 5.13 Å². The molecule has 86 valence electrons. The molecule has 1 aliphatic heterocycles. The maximum Gasteiger partial charge on any atom is 0.188 e. The molecule has 0 amide bonds. The summed E-state index contributed by atoms with van der Waals surface area (Å²) in [6.07, 6.45) is 1.12. The molecule has 1 aromatic rings. The molecule has 2 heterocycles. The van der Waals surface area contributed by atoms with E-state index in [1.807, 2.05) is 0 Å². The molecule has 0 radical (unpaired) electrons. The molecule has 1 aliphatic rings. The molecule has 2 rings (SSSR count). The van der Waals surface area contributed by atoms with Crippen molar-refractivity contribution in [3.8, 4) is 6.07 Å². The Morgan fingerprint density at radius 3 is 3.06 bits per heavy atom. The number of nitrogens with one attached hydrogen (secondary N) is 1. The van der Waals surface area contributed by atoms with Gasteiger partial charge in [0.2, 0.25) is 0 Å². The van der Waals surface area contributed by atoms with Crippen LogP contribution < -0.4 is 10.2 Å². The Labute approximate surface area is 104 Å². The van der Waals surface area contributed by atoms with Gasteiger partial charge in [-0.05, 0) is 19.9 Å². The van der Waals surface area contributed by atoms with Gasteiger partial charge in [-0.25, -0.2) is 4.98 Å². The number of thiazole rings is 1. The van der Waals surface area contributed by atoms with Gasteiger partial charge in [0.1, 0.15) is 10.9 Å². The zero-order valence-corrected chi connectivity index (χ0v) is 10.6. The van der Waals surface area contributed by atoms with Crippen LogP contribution in [0, 0.1) is 11.3 Å². The number of hydrogen-bond acceptors (Lipinski definition) is 5. The van der Waals surface area contributed by atoms with Crippen LogP contribution in [0.2, 0.25) is 5.15 Å². The van der Waals surface area contributed by atoms with Gasteiger partial charge in [-0.2, -0.15) is 5.26 Å². The normalized spacial score (nSPS) is 19.7. The summed E-state index contributed by atoms with van der Waals surface area (Å²) in [5.41, 5.74) is 0. The van der Waals surface area contributed by atoms with Crippen LogP contribution >= 0.6 is 22.9 Å². The Morgan fingerprint density at radius 1 is 1.75 bits per heavy atom. The van der Waals surface area contributed by atoms with E-state index in [0.29, 0.717) is 16.1 Å². The first kappa shape index (κ1) is 11.6. The number of nitriles is 1. The minimum absolute atomic E-state index is 0.326. The summed E-state index contributed by atoms with van der Waals surface area (Å²) in [6, 6.07) is 2.54. The van der Waals surface area contributed by atoms with Crippen molar-refractivity contribution in [1.29, 1.82) is 5.26 Å². The predicted octanol–water partition coefficient (Wildman–Crippen LogP) is 1.86. The predicted molar refractivity (Wildman–Crippen MR) is 66.1 cm³/mol. The molecule has 0 aliphatic carbocycles. The molecule has 1 saturated heterocycles. The Bertz CT molecular complexity index is 405. The molecule has 1 N–H and O–H groups in total. The third-order valence-electron chi connectivity index (χ3n) is 2.74. The van der Waals surface area contributed by atoms with Crippen LogP contribution in [0.25, 0.3) is 0 Å². The van der Waals surface area contributed by atoms with E-state index in [4.69, 9.17) is 16.9 Å². The first-order chi connectivity index (χ1) is 7.76. The number of halogens is 1. The Balaban J connectivity index is 2.22. The van der Waals surface area contributed by atoms with Gasteiger partial charge in [0.25, 0.3) is 0 Å². The maximum absolute atomic E-state index is 8.86. The van der Waals surface area contributed by atoms with Crippen LogP contribution in [-0.4, -0.2) is 30.7 Å². The number of hydrogen-bond donors (Lipinski definition) is 1. The summed E-state index contributed by atoms with van der Waals surface area (Å²) in [7, 11) is 0. The fourth-order valence-corrected chi connectivity index (χ4v) is 3.12. The third-order valence-corrected chi connectivity index (χ3v) is 4.12. The Hall–Kier alpha value is -0.830. The van der Waals surface area contributed by atoms with Crippen molar-refractivity contribution in [2.75, 3.05) is 24.5 Å². The van der Waals surface area contributed by atoms with E-state index in [2.05, 4.69) is 28.2 Å². The van der Waals surface area contributed by atoms with Gasteiger partial charge < -0.3 is 10.2 Å². The molecule has 1 aromatic heterocycles. The number of likely N-dealkylation sites (N-methyl/N-ethyl adjacent to an activating group) is 1. The van der Waals surface area contributed by atoms with E-state index in [1.165, 1.54) is 11.3 Å². The van der Waals surface area contributed by atoms with E-state index in [1.54, 1.807) is 0 Å². The van der Waals surface area contributed by atoms with Crippen LogP contribution in [0.15, 0.2) is 0 Å². The number of anilines is 1. The highest BCUT2D eigenvalue weighted by Gasteiger charge is 2.24. The van der Waals surface area contributed by atoms with Crippen LogP contribution in [-0.2, 0) is 0 Å². The standard InChI is InChI=1S/C10H13ClN4S/c1-2-15(7-3-4-13-6-7)10-14-9(11)8(5-12)16-10/h7,13H,2-4,6H2,1H3. The fraction of sp³-hybridized carbons (Fsp3) is 0.600. The highest BCUT2D eigenvalue weighted by molar-refractivity contribution is 7.16. The quantitative estimate of drug-likeness (QED) is 0.897. The summed E-state index contributed by atoms with van der Waals surface area (Å²) in [5, 5.41) is 13.4. The molecule has 0 aromatic carbocycles. The summed E-state index contributed by atoms with van der Waals surface area (Å²) in [4.78, 5) is 6.98. The summed E-state index contributed by atoms with van der Waals surface area (Å²) >= 11 is 7.26. The molecule has 0 spiro atoms. The Kier molecular flexibility index (Phi) is 3.64. The molecule has 16 heavy (non-hydrogen) atoms. The third kappa shape index (κ3) is 2.14. The van der Waals surface area contributed by atoms with Gasteiger partial charge in [-0.15, -0.1) is 0 Å². The zero-order valence-electron chi connectivity index (χ0n) is 9.03. The molecule has 0 saturated carbocycles. The van der Waals surface area contributed by atoms with E-state index in [0.717, 1.165) is 31.2 Å². The molecule has 1 unspecified atom stereocenters. The monoisotopic (exact) mass is 256 g/mol. The minimum Gasteiger partial charge on any atom is -0.344 e. The smallest absolute Gasteiger partial charge is 0.188 e. The molecule has 4 nitrogen and oxygen atoms in total. The van der Waals surface area contributed by atoms with E-state index >= 15 is 0 Å². The summed E-state index contributed by atoms with van der Waals surface area (Å²) in [6.45, 7) is 5.01. The van der Waals surface area contributed by atoms with Gasteiger partial charge in [0, 0.05) is 19.1 Å². The SMILES string of the molecule is CCN(c1nc(Cl)c(C#N)s1)C1CCNC1. The fourth-order valence-electron chi connectivity index (χ4n) is 1.94. The summed E-state index contributed by atoms with van der Waals surface area (Å²) in [5.74, 6) is 0. The lowest BCUT2D eigenvalue weighted by Crippen LogP contribution is -2.36. The van der Waals surface area contributed by atoms with Crippen molar-refractivity contribution >= 4 is 28.1 Å². The number of rotatable bonds is 3. The summed E-state index contributed by atoms with van der Waals surface area (Å²) < 4.78 is 0. The topological polar surface area (TPSA) is 52.0 Å². The lowest BCUT2D eigenvalue weighted by Gasteiger charge is -2.26. The van der Waals surface area contributed by atoms with Crippen LogP contribution in [0.5, 0.6) is 0 Å². The molecular formula is C10H13ClN4S. The highest BCUT2D eigenvalue weighted by Crippen LogP contribution is 2.30. The molecule has 1 fully saturated rings. The lowest BCUT2D eigenvalue weighted by molar-refractivity contribution is 0.646. The van der Waals surface area contributed by atoms with Crippen LogP contribution in [0.1, 0.15) is 18.2 Å². The van der Waals surface area contributed by atoms with Crippen molar-refractivity contribution < 1.29 is 0 Å². The van der Waals surface area contributed by atoms with Crippen molar-refractivity contribution in [3.63, 3.8) is 0 Å². The van der Waals surface area contributed by atoms with Gasteiger partial charge >= 0.3 is 0 Å². The van der Waals surface area contributed by atoms with Crippen molar-refractivity contribution in [1.82, 2.24) is 10.3 Å². The van der Waals surface area contributed by atoms with Crippen molar-refractivity contribution in [3.05, 3.63) is 10.0 Å². The van der Waals surface area contributed by atoms with E-state index in [9.17, 15) is 0 Å². The zero-order chi connectivity index (χ0) is 11.5. The highest BCUT2D eigenvalue weighted by atomic mass is 35.5. The van der Waals surface area contributed by atoms with Crippen LogP contribution in [0.3, 0.4) is 0 Å². The largest absolute Gasteiger partial charge is 0.344 e. The second-order valence-corrected chi connectivity index (χ2v) is 5.00. The molecule has 0 bridgehead atoms.